The van der Waals surface area contributed by atoms with Crippen molar-refractivity contribution in [1.29, 1.82) is 0 Å². The number of guanidine groups is 1. The Hall–Kier alpha value is -1.60. The van der Waals surface area contributed by atoms with Crippen LogP contribution in [0.5, 0.6) is 0 Å². The molecule has 0 radical (unpaired) electrons. The quantitative estimate of drug-likeness (QED) is 0.550. The molecule has 1 fully saturated rings. The Bertz CT molecular complexity index is 529. The lowest BCUT2D eigenvalue weighted by Crippen LogP contribution is -2.50. The van der Waals surface area contributed by atoms with Crippen molar-refractivity contribution in [3.05, 3.63) is 17.0 Å². The van der Waals surface area contributed by atoms with Crippen molar-refractivity contribution < 1.29 is 14.0 Å². The average molecular weight is 352 g/mol. The van der Waals surface area contributed by atoms with Gasteiger partial charge in [-0.05, 0) is 13.3 Å². The van der Waals surface area contributed by atoms with E-state index in [4.69, 9.17) is 19.0 Å². The van der Waals surface area contributed by atoms with Crippen LogP contribution in [-0.4, -0.2) is 50.1 Å². The van der Waals surface area contributed by atoms with Crippen LogP contribution in [0.4, 0.5) is 0 Å². The molecule has 0 saturated carbocycles. The monoisotopic (exact) mass is 352 g/mol. The fourth-order valence-corrected chi connectivity index (χ4v) is 3.06. The molecule has 0 atom stereocenters. The van der Waals surface area contributed by atoms with Gasteiger partial charge in [-0.25, -0.2) is 4.99 Å². The van der Waals surface area contributed by atoms with Crippen LogP contribution in [-0.2, 0) is 28.9 Å². The molecule has 142 valence electrons. The van der Waals surface area contributed by atoms with Crippen LogP contribution in [0.25, 0.3) is 0 Å². The second-order valence-corrected chi connectivity index (χ2v) is 6.29. The Balaban J connectivity index is 2.04. The highest BCUT2D eigenvalue weighted by Gasteiger charge is 2.32. The smallest absolute Gasteiger partial charge is 0.191 e. The van der Waals surface area contributed by atoms with Gasteiger partial charge in [0.05, 0.1) is 17.8 Å². The molecule has 1 aromatic heterocycles. The van der Waals surface area contributed by atoms with E-state index >= 15 is 0 Å². The summed E-state index contributed by atoms with van der Waals surface area (Å²) >= 11 is 0. The van der Waals surface area contributed by atoms with Gasteiger partial charge in [0, 0.05) is 58.2 Å². The van der Waals surface area contributed by atoms with Crippen LogP contribution in [0.1, 0.15) is 50.6 Å². The number of aliphatic imine (C=N–C) groups is 1. The van der Waals surface area contributed by atoms with E-state index in [-0.39, 0.29) is 5.60 Å². The molecule has 2 heterocycles. The lowest BCUT2D eigenvalue weighted by Gasteiger charge is -2.36. The number of rotatable bonds is 8. The van der Waals surface area contributed by atoms with Crippen molar-refractivity contribution in [2.45, 2.75) is 58.6 Å². The maximum absolute atomic E-state index is 5.78. The summed E-state index contributed by atoms with van der Waals surface area (Å²) in [5, 5.41) is 10.9. The van der Waals surface area contributed by atoms with Crippen molar-refractivity contribution >= 4 is 5.96 Å². The highest BCUT2D eigenvalue weighted by atomic mass is 16.5. The molecule has 0 aliphatic carbocycles. The predicted octanol–water partition coefficient (Wildman–Crippen LogP) is 2.05. The molecule has 2 rings (SSSR count). The number of methoxy groups -OCH3 is 1. The fourth-order valence-electron chi connectivity index (χ4n) is 3.06. The van der Waals surface area contributed by atoms with Crippen molar-refractivity contribution in [1.82, 2.24) is 15.8 Å². The number of nitrogens with one attached hydrogen (secondary N) is 2. The first kappa shape index (κ1) is 19.7. The maximum Gasteiger partial charge on any atom is 0.191 e. The maximum atomic E-state index is 5.78. The molecule has 0 bridgehead atoms. The summed E-state index contributed by atoms with van der Waals surface area (Å²) in [7, 11) is 1.77. The van der Waals surface area contributed by atoms with Crippen LogP contribution in [0.3, 0.4) is 0 Å². The summed E-state index contributed by atoms with van der Waals surface area (Å²) in [5.41, 5.74) is 1.92. The van der Waals surface area contributed by atoms with Crippen molar-refractivity contribution in [2.75, 3.05) is 33.4 Å². The predicted molar refractivity (Wildman–Crippen MR) is 97.9 cm³/mol. The summed E-state index contributed by atoms with van der Waals surface area (Å²) in [4.78, 5) is 4.73. The third kappa shape index (κ3) is 5.19. The zero-order valence-corrected chi connectivity index (χ0v) is 16.0. The summed E-state index contributed by atoms with van der Waals surface area (Å²) in [6.07, 6.45) is 3.46. The summed E-state index contributed by atoms with van der Waals surface area (Å²) in [5.74, 6) is 1.71. The van der Waals surface area contributed by atoms with Crippen LogP contribution in [0.15, 0.2) is 9.52 Å². The number of hydrogen-bond donors (Lipinski definition) is 2. The third-order valence-electron chi connectivity index (χ3n) is 4.76. The number of ether oxygens (including phenoxy) is 2. The zero-order valence-electron chi connectivity index (χ0n) is 16.0. The van der Waals surface area contributed by atoms with E-state index in [0.29, 0.717) is 13.1 Å². The molecule has 0 unspecified atom stereocenters. The first-order valence-electron chi connectivity index (χ1n) is 9.29. The molecule has 1 aromatic rings. The first-order chi connectivity index (χ1) is 12.2. The van der Waals surface area contributed by atoms with E-state index in [1.54, 1.807) is 7.11 Å². The van der Waals surface area contributed by atoms with E-state index in [9.17, 15) is 0 Å². The number of aromatic nitrogens is 1. The largest absolute Gasteiger partial charge is 0.381 e. The van der Waals surface area contributed by atoms with Crippen LogP contribution in [0.2, 0.25) is 0 Å². The molecule has 2 N–H and O–H groups in total. The standard InChI is InChI=1S/C18H32N4O3/c1-5-15-14(16(6-2)25-22-15)12-20-17(19-7-3)21-13-18(23-4)8-10-24-11-9-18/h5-13H2,1-4H3,(H2,19,20,21). The van der Waals surface area contributed by atoms with Gasteiger partial charge in [0.1, 0.15) is 5.76 Å². The van der Waals surface area contributed by atoms with Gasteiger partial charge >= 0.3 is 0 Å². The van der Waals surface area contributed by atoms with Crippen LogP contribution in [0, 0.1) is 0 Å². The Labute approximate surface area is 150 Å². The SMILES string of the molecule is CCNC(=NCc1c(CC)noc1CC)NCC1(OC)CCOCC1. The van der Waals surface area contributed by atoms with Crippen LogP contribution < -0.4 is 10.6 Å². The van der Waals surface area contributed by atoms with E-state index in [2.05, 4.69) is 36.6 Å². The number of hydrogen-bond acceptors (Lipinski definition) is 5. The highest BCUT2D eigenvalue weighted by molar-refractivity contribution is 5.79. The Morgan fingerprint density at radius 2 is 1.96 bits per heavy atom. The topological polar surface area (TPSA) is 80.9 Å². The molecule has 0 aromatic carbocycles. The van der Waals surface area contributed by atoms with Crippen molar-refractivity contribution in [3.8, 4) is 0 Å². The van der Waals surface area contributed by atoms with E-state index in [1.165, 1.54) is 0 Å². The molecular formula is C18H32N4O3. The van der Waals surface area contributed by atoms with E-state index < -0.39 is 0 Å². The highest BCUT2D eigenvalue weighted by Crippen LogP contribution is 2.23. The summed E-state index contributed by atoms with van der Waals surface area (Å²) < 4.78 is 16.7. The first-order valence-corrected chi connectivity index (χ1v) is 9.29. The second-order valence-electron chi connectivity index (χ2n) is 6.29. The van der Waals surface area contributed by atoms with Gasteiger partial charge in [0.25, 0.3) is 0 Å². The van der Waals surface area contributed by atoms with Gasteiger partial charge in [0.15, 0.2) is 5.96 Å². The normalized spacial score (nSPS) is 17.5. The molecule has 25 heavy (non-hydrogen) atoms. The molecular weight excluding hydrogens is 320 g/mol. The molecule has 7 nitrogen and oxygen atoms in total. The molecule has 7 heteroatoms. The van der Waals surface area contributed by atoms with Crippen molar-refractivity contribution in [3.63, 3.8) is 0 Å². The van der Waals surface area contributed by atoms with Crippen molar-refractivity contribution in [2.24, 2.45) is 4.99 Å². The molecule has 0 spiro atoms. The van der Waals surface area contributed by atoms with Gasteiger partial charge in [0.2, 0.25) is 0 Å². The Morgan fingerprint density at radius 3 is 2.56 bits per heavy atom. The molecule has 1 saturated heterocycles. The van der Waals surface area contributed by atoms with Gasteiger partial charge in [-0.1, -0.05) is 19.0 Å². The molecule has 1 aliphatic heterocycles. The number of aryl methyl sites for hydroxylation is 2. The minimum Gasteiger partial charge on any atom is -0.381 e. The Morgan fingerprint density at radius 1 is 1.20 bits per heavy atom. The number of nitrogens with zero attached hydrogens (tertiary/aromatic N) is 2. The lowest BCUT2D eigenvalue weighted by atomic mass is 9.94. The van der Waals surface area contributed by atoms with Gasteiger partial charge in [-0.3, -0.25) is 0 Å². The second kappa shape index (κ2) is 9.77. The minimum absolute atomic E-state index is 0.186. The molecule has 1 aliphatic rings. The summed E-state index contributed by atoms with van der Waals surface area (Å²) in [6, 6.07) is 0. The minimum atomic E-state index is -0.186. The van der Waals surface area contributed by atoms with Gasteiger partial charge in [-0.2, -0.15) is 0 Å². The lowest BCUT2D eigenvalue weighted by molar-refractivity contribution is -0.0855. The van der Waals surface area contributed by atoms with Gasteiger partial charge < -0.3 is 24.6 Å². The van der Waals surface area contributed by atoms with Gasteiger partial charge in [-0.15, -0.1) is 0 Å². The van der Waals surface area contributed by atoms with E-state index in [1.807, 2.05) is 0 Å². The fraction of sp³-hybridized carbons (Fsp3) is 0.778. The average Bonchev–Trinajstić information content (AvgIpc) is 3.06. The Kier molecular flexibility index (Phi) is 7.71. The van der Waals surface area contributed by atoms with E-state index in [0.717, 1.165) is 68.4 Å². The summed E-state index contributed by atoms with van der Waals surface area (Å²) in [6.45, 7) is 9.78. The van der Waals surface area contributed by atoms with Crippen LogP contribution >= 0.6 is 0 Å². The molecule has 0 amide bonds. The zero-order chi connectivity index (χ0) is 18.1. The third-order valence-corrected chi connectivity index (χ3v) is 4.76.